The number of aliphatic hydroxyl groups excluding tert-OH is 2. The van der Waals surface area contributed by atoms with Gasteiger partial charge < -0.3 is 79.1 Å². The van der Waals surface area contributed by atoms with Gasteiger partial charge in [-0.2, -0.15) is 0 Å². The third-order valence-corrected chi connectivity index (χ3v) is 11.0. The zero-order valence-corrected chi connectivity index (χ0v) is 42.3. The molecule has 0 fully saturated rings. The highest BCUT2D eigenvalue weighted by Gasteiger charge is 2.38. The van der Waals surface area contributed by atoms with Crippen LogP contribution in [-0.2, 0) is 64.0 Å². The summed E-state index contributed by atoms with van der Waals surface area (Å²) in [7, 11) is 0. The fraction of sp³-hybridized carbons (Fsp3) is 0.609. The summed E-state index contributed by atoms with van der Waals surface area (Å²) in [5, 5.41) is 70.3. The average Bonchev–Trinajstić information content (AvgIpc) is 3.28. The van der Waals surface area contributed by atoms with Crippen molar-refractivity contribution in [2.45, 2.75) is 155 Å². The molecule has 0 aliphatic carbocycles. The van der Waals surface area contributed by atoms with E-state index in [1.807, 2.05) is 0 Å². The molecule has 27 nitrogen and oxygen atoms in total. The average molecular weight is 1040 g/mol. The number of carbonyl (C=O) groups is 12. The lowest BCUT2D eigenvalue weighted by Crippen LogP contribution is -2.62. The Balaban J connectivity index is 3.22. The van der Waals surface area contributed by atoms with Gasteiger partial charge >= 0.3 is 11.9 Å². The second-order valence-electron chi connectivity index (χ2n) is 18.4. The Morgan fingerprint density at radius 2 is 1.00 bits per heavy atom. The number of aliphatic carboxylic acids is 2. The first-order valence-corrected chi connectivity index (χ1v) is 23.4. The van der Waals surface area contributed by atoms with Gasteiger partial charge in [0.15, 0.2) is 0 Å². The van der Waals surface area contributed by atoms with Gasteiger partial charge in [-0.25, -0.2) is 4.79 Å². The molecule has 73 heavy (non-hydrogen) atoms. The molecule has 0 spiro atoms. The Bertz CT molecular complexity index is 2140. The molecule has 0 saturated carbocycles. The highest BCUT2D eigenvalue weighted by Crippen LogP contribution is 2.14. The smallest absolute Gasteiger partial charge is 0.326 e. The molecule has 16 N–H and O–H groups in total. The number of aromatic hydroxyl groups is 1. The van der Waals surface area contributed by atoms with E-state index in [2.05, 4.69) is 47.9 Å². The molecule has 1 aromatic carbocycles. The van der Waals surface area contributed by atoms with E-state index < -0.39 is 163 Å². The molecule has 0 saturated heterocycles. The number of carboxylic acid groups (broad SMARTS) is 2. The van der Waals surface area contributed by atoms with Crippen LogP contribution in [0.1, 0.15) is 93.6 Å². The number of phenols is 1. The van der Waals surface area contributed by atoms with Crippen LogP contribution in [0.15, 0.2) is 24.3 Å². The molecular weight excluding hydrogens is 965 g/mol. The number of nitrogens with one attached hydrogen (secondary N) is 9. The molecule has 1 aromatic rings. The zero-order chi connectivity index (χ0) is 56.0. The molecule has 0 radical (unpaired) electrons. The topological polar surface area (TPSA) is 440 Å². The molecule has 11 atom stereocenters. The maximum atomic E-state index is 13.9. The molecule has 27 heteroatoms. The number of amides is 10. The standard InChI is InChI=1S/C46H72N10O17/c1-10-22(6)36(44(70)51-29(17-32(47)61)39(65)50-30(18-34(63)64)40(66)52-31(46(72)73)15-20(2)3)55-43(69)35(21(4)5)54-45(71)38(24(8)58)53-33(62)19-48-42(68)37(23(7)57)56-41(67)28(49-25(9)59)16-26-11-13-27(60)14-12-26/h11-14,20-24,28-31,35-38,57-58,60H,10,15-19H2,1-9H3,(H2,47,61)(H,48,68)(H,49,59)(H,50,65)(H,51,70)(H,52,66)(H,53,62)(H,54,71)(H,55,69)(H,56,67)(H,63,64)(H,72,73)/t22-,23+,24+,28-,29-,30-,31-,35-,36-,37-,38-/m0/s1. The summed E-state index contributed by atoms with van der Waals surface area (Å²) in [5.41, 5.74) is 5.88. The van der Waals surface area contributed by atoms with Crippen LogP contribution in [0, 0.1) is 17.8 Å². The van der Waals surface area contributed by atoms with Gasteiger partial charge in [-0.15, -0.1) is 0 Å². The summed E-state index contributed by atoms with van der Waals surface area (Å²) in [6.45, 7) is 12.2. The summed E-state index contributed by atoms with van der Waals surface area (Å²) >= 11 is 0. The minimum absolute atomic E-state index is 0.0435. The second kappa shape index (κ2) is 30.5. The van der Waals surface area contributed by atoms with Crippen LogP contribution in [0.4, 0.5) is 0 Å². The van der Waals surface area contributed by atoms with Crippen molar-refractivity contribution in [3.63, 3.8) is 0 Å². The quantitative estimate of drug-likeness (QED) is 0.0336. The van der Waals surface area contributed by atoms with Gasteiger partial charge in [0, 0.05) is 13.3 Å². The molecule has 0 unspecified atom stereocenters. The van der Waals surface area contributed by atoms with Crippen molar-refractivity contribution in [2.24, 2.45) is 23.5 Å². The zero-order valence-electron chi connectivity index (χ0n) is 42.3. The molecule has 0 bridgehead atoms. The second-order valence-corrected chi connectivity index (χ2v) is 18.4. The third-order valence-electron chi connectivity index (χ3n) is 11.0. The van der Waals surface area contributed by atoms with Crippen molar-refractivity contribution in [3.05, 3.63) is 29.8 Å². The summed E-state index contributed by atoms with van der Waals surface area (Å²) < 4.78 is 0. The predicted octanol–water partition coefficient (Wildman–Crippen LogP) is -4.11. The van der Waals surface area contributed by atoms with E-state index in [0.29, 0.717) is 5.56 Å². The van der Waals surface area contributed by atoms with E-state index in [-0.39, 0.29) is 30.9 Å². The van der Waals surface area contributed by atoms with Gasteiger partial charge in [-0.1, -0.05) is 60.1 Å². The van der Waals surface area contributed by atoms with E-state index in [9.17, 15) is 83.1 Å². The van der Waals surface area contributed by atoms with Crippen molar-refractivity contribution in [3.8, 4) is 5.75 Å². The number of aliphatic hydroxyl groups is 2. The van der Waals surface area contributed by atoms with Crippen molar-refractivity contribution in [1.29, 1.82) is 0 Å². The Labute approximate surface area is 421 Å². The van der Waals surface area contributed by atoms with E-state index in [4.69, 9.17) is 5.73 Å². The molecular formula is C46H72N10O17. The number of hydrogen-bond donors (Lipinski definition) is 15. The number of carboxylic acids is 2. The van der Waals surface area contributed by atoms with Gasteiger partial charge in [-0.3, -0.25) is 52.7 Å². The number of phenolic OH excluding ortho intramolecular Hbond substituents is 1. The van der Waals surface area contributed by atoms with Crippen LogP contribution >= 0.6 is 0 Å². The Kier molecular flexibility index (Phi) is 26.5. The number of rotatable bonds is 31. The lowest BCUT2D eigenvalue weighted by atomic mass is 9.95. The number of benzene rings is 1. The van der Waals surface area contributed by atoms with E-state index >= 15 is 0 Å². The number of nitrogens with two attached hydrogens (primary N) is 1. The minimum atomic E-state index is -1.89. The Hall–Kier alpha value is -7.42. The van der Waals surface area contributed by atoms with Crippen LogP contribution in [0.2, 0.25) is 0 Å². The van der Waals surface area contributed by atoms with Crippen molar-refractivity contribution in [2.75, 3.05) is 6.54 Å². The van der Waals surface area contributed by atoms with Gasteiger partial charge in [0.1, 0.15) is 54.1 Å². The Morgan fingerprint density at radius 3 is 1.47 bits per heavy atom. The SMILES string of the molecule is CC[C@H](C)[C@H](NC(=O)[C@@H](NC(=O)[C@@H](NC(=O)CNC(=O)[C@@H](NC(=O)[C@H](Cc1ccc(O)cc1)NC(C)=O)[C@@H](C)O)[C@@H](C)O)C(C)C)C(=O)N[C@@H](CC(N)=O)C(=O)N[C@@H](CC(=O)O)C(=O)N[C@@H](CC(C)C)C(=O)O. The molecule has 0 aliphatic rings. The molecule has 0 aromatic heterocycles. The van der Waals surface area contributed by atoms with Crippen LogP contribution in [0.5, 0.6) is 5.75 Å². The van der Waals surface area contributed by atoms with Gasteiger partial charge in [0.25, 0.3) is 0 Å². The largest absolute Gasteiger partial charge is 0.508 e. The molecule has 10 amide bonds. The molecule has 1 rings (SSSR count). The number of carbonyl (C=O) groups excluding carboxylic acids is 10. The summed E-state index contributed by atoms with van der Waals surface area (Å²) in [5.74, 6) is -15.0. The fourth-order valence-electron chi connectivity index (χ4n) is 6.90. The van der Waals surface area contributed by atoms with Crippen molar-refractivity contribution in [1.82, 2.24) is 47.9 Å². The highest BCUT2D eigenvalue weighted by molar-refractivity contribution is 5.99. The summed E-state index contributed by atoms with van der Waals surface area (Å²) in [4.78, 5) is 155. The number of primary amides is 1. The molecule has 0 aliphatic heterocycles. The van der Waals surface area contributed by atoms with Crippen molar-refractivity contribution >= 4 is 71.0 Å². The minimum Gasteiger partial charge on any atom is -0.508 e. The maximum Gasteiger partial charge on any atom is 0.326 e. The highest BCUT2D eigenvalue weighted by atomic mass is 16.4. The van der Waals surface area contributed by atoms with Gasteiger partial charge in [-0.05, 0) is 55.7 Å². The summed E-state index contributed by atoms with van der Waals surface area (Å²) in [6.07, 6.45) is -4.96. The van der Waals surface area contributed by atoms with Crippen LogP contribution < -0.4 is 53.6 Å². The predicted molar refractivity (Wildman–Crippen MR) is 257 cm³/mol. The van der Waals surface area contributed by atoms with E-state index in [0.717, 1.165) is 13.8 Å². The first kappa shape index (κ1) is 63.6. The van der Waals surface area contributed by atoms with Crippen LogP contribution in [-0.4, -0.2) is 164 Å². The lowest BCUT2D eigenvalue weighted by molar-refractivity contribution is -0.144. The normalized spacial score (nSPS) is 15.6. The van der Waals surface area contributed by atoms with Gasteiger partial charge in [0.2, 0.25) is 59.1 Å². The maximum absolute atomic E-state index is 13.9. The fourth-order valence-corrected chi connectivity index (χ4v) is 6.90. The number of hydrogen-bond acceptors (Lipinski definition) is 15. The van der Waals surface area contributed by atoms with E-state index in [1.165, 1.54) is 52.0 Å². The first-order chi connectivity index (χ1) is 33.9. The lowest BCUT2D eigenvalue weighted by Gasteiger charge is -2.30. The van der Waals surface area contributed by atoms with Gasteiger partial charge in [0.05, 0.1) is 31.6 Å². The van der Waals surface area contributed by atoms with Crippen LogP contribution in [0.3, 0.4) is 0 Å². The molecule has 0 heterocycles. The van der Waals surface area contributed by atoms with Crippen LogP contribution in [0.25, 0.3) is 0 Å². The summed E-state index contributed by atoms with van der Waals surface area (Å²) in [6, 6.07) is -7.08. The van der Waals surface area contributed by atoms with Crippen molar-refractivity contribution < 1.29 is 83.1 Å². The van der Waals surface area contributed by atoms with E-state index in [1.54, 1.807) is 20.8 Å². The first-order valence-electron chi connectivity index (χ1n) is 23.4. The monoisotopic (exact) mass is 1040 g/mol. The Morgan fingerprint density at radius 1 is 0.548 bits per heavy atom. The third kappa shape index (κ3) is 22.7. The molecule has 408 valence electrons.